The molecular formula is C14H24N2O2S. The average molecular weight is 284 g/mol. The van der Waals surface area contributed by atoms with Crippen molar-refractivity contribution < 1.29 is 9.90 Å². The Labute approximate surface area is 119 Å². The highest BCUT2D eigenvalue weighted by molar-refractivity contribution is 7.13. The summed E-state index contributed by atoms with van der Waals surface area (Å²) in [7, 11) is 0. The summed E-state index contributed by atoms with van der Waals surface area (Å²) < 4.78 is 0. The lowest BCUT2D eigenvalue weighted by molar-refractivity contribution is 0.0583. The van der Waals surface area contributed by atoms with Gasteiger partial charge in [-0.1, -0.05) is 20.8 Å². The number of hydrogen-bond donors (Lipinski definition) is 1. The zero-order valence-corrected chi connectivity index (χ0v) is 13.4. The fraction of sp³-hybridized carbons (Fsp3) is 0.714. The topological polar surface area (TPSA) is 53.4 Å². The number of aliphatic hydroxyl groups is 1. The monoisotopic (exact) mass is 284 g/mol. The minimum atomic E-state index is -0.527. The Balaban J connectivity index is 2.94. The van der Waals surface area contributed by atoms with Gasteiger partial charge < -0.3 is 10.0 Å². The van der Waals surface area contributed by atoms with E-state index in [0.29, 0.717) is 11.4 Å². The van der Waals surface area contributed by atoms with E-state index in [-0.39, 0.29) is 17.4 Å². The van der Waals surface area contributed by atoms with Gasteiger partial charge in [-0.15, -0.1) is 11.3 Å². The molecule has 1 aromatic heterocycles. The third-order valence-electron chi connectivity index (χ3n) is 2.70. The highest BCUT2D eigenvalue weighted by atomic mass is 32.1. The van der Waals surface area contributed by atoms with Gasteiger partial charge in [-0.3, -0.25) is 4.79 Å². The smallest absolute Gasteiger partial charge is 0.265 e. The molecule has 0 radical (unpaired) electrons. The molecule has 1 amide bonds. The Hall–Kier alpha value is -0.940. The maximum atomic E-state index is 12.4. The molecule has 1 N–H and O–H groups in total. The standard InChI is InChI=1S/C14H24N2O2S/c1-9(2)16(8-10(3)17)12(18)11-7-15-13(19-11)14(4,5)6/h7,9-10,17H,8H2,1-6H3. The van der Waals surface area contributed by atoms with Crippen molar-refractivity contribution in [2.75, 3.05) is 6.54 Å². The van der Waals surface area contributed by atoms with Crippen molar-refractivity contribution in [3.63, 3.8) is 0 Å². The van der Waals surface area contributed by atoms with Crippen LogP contribution >= 0.6 is 11.3 Å². The van der Waals surface area contributed by atoms with Crippen molar-refractivity contribution in [1.29, 1.82) is 0 Å². The van der Waals surface area contributed by atoms with Gasteiger partial charge in [0.2, 0.25) is 0 Å². The highest BCUT2D eigenvalue weighted by Crippen LogP contribution is 2.27. The van der Waals surface area contributed by atoms with E-state index in [1.807, 2.05) is 13.8 Å². The predicted molar refractivity (Wildman–Crippen MR) is 78.7 cm³/mol. The maximum absolute atomic E-state index is 12.4. The number of aromatic nitrogens is 1. The van der Waals surface area contributed by atoms with E-state index < -0.39 is 6.10 Å². The molecule has 0 saturated heterocycles. The summed E-state index contributed by atoms with van der Waals surface area (Å²) in [6.07, 6.45) is 1.12. The minimum Gasteiger partial charge on any atom is -0.392 e. The molecule has 0 spiro atoms. The Morgan fingerprint density at radius 2 is 2.00 bits per heavy atom. The lowest BCUT2D eigenvalue weighted by Crippen LogP contribution is -2.41. The Kier molecular flexibility index (Phi) is 5.10. The molecule has 0 aliphatic heterocycles. The van der Waals surface area contributed by atoms with Crippen LogP contribution in [0.25, 0.3) is 0 Å². The predicted octanol–water partition coefficient (Wildman–Crippen LogP) is 2.67. The second kappa shape index (κ2) is 6.01. The zero-order valence-electron chi connectivity index (χ0n) is 12.6. The second-order valence-electron chi connectivity index (χ2n) is 6.18. The molecule has 1 rings (SSSR count). The van der Waals surface area contributed by atoms with Crippen LogP contribution in [-0.4, -0.2) is 39.6 Å². The summed E-state index contributed by atoms with van der Waals surface area (Å²) in [6, 6.07) is 0.0577. The number of carbonyl (C=O) groups is 1. The van der Waals surface area contributed by atoms with Crippen molar-refractivity contribution in [3.8, 4) is 0 Å². The van der Waals surface area contributed by atoms with Gasteiger partial charge in [0.15, 0.2) is 0 Å². The lowest BCUT2D eigenvalue weighted by Gasteiger charge is -2.27. The van der Waals surface area contributed by atoms with E-state index in [4.69, 9.17) is 0 Å². The van der Waals surface area contributed by atoms with Crippen LogP contribution in [0.4, 0.5) is 0 Å². The SMILES string of the molecule is CC(O)CN(C(=O)c1cnc(C(C)(C)C)s1)C(C)C. The number of aliphatic hydroxyl groups excluding tert-OH is 1. The van der Waals surface area contributed by atoms with Crippen LogP contribution in [0.15, 0.2) is 6.20 Å². The van der Waals surface area contributed by atoms with Gasteiger partial charge in [0, 0.05) is 18.0 Å². The Morgan fingerprint density at radius 1 is 1.42 bits per heavy atom. The van der Waals surface area contributed by atoms with E-state index in [9.17, 15) is 9.90 Å². The number of hydrogen-bond acceptors (Lipinski definition) is 4. The van der Waals surface area contributed by atoms with Crippen LogP contribution in [-0.2, 0) is 5.41 Å². The molecule has 5 heteroatoms. The lowest BCUT2D eigenvalue weighted by atomic mass is 9.98. The molecule has 0 aromatic carbocycles. The first-order valence-electron chi connectivity index (χ1n) is 6.58. The van der Waals surface area contributed by atoms with Crippen molar-refractivity contribution in [2.45, 2.75) is 59.1 Å². The van der Waals surface area contributed by atoms with Gasteiger partial charge in [-0.2, -0.15) is 0 Å². The van der Waals surface area contributed by atoms with Gasteiger partial charge in [0.05, 0.1) is 17.3 Å². The zero-order chi connectivity index (χ0) is 14.8. The first-order valence-corrected chi connectivity index (χ1v) is 7.40. The Morgan fingerprint density at radius 3 is 2.37 bits per heavy atom. The average Bonchev–Trinajstić information content (AvgIpc) is 2.72. The molecule has 0 bridgehead atoms. The first-order chi connectivity index (χ1) is 8.62. The van der Waals surface area contributed by atoms with Crippen molar-refractivity contribution >= 4 is 17.2 Å². The molecule has 1 unspecified atom stereocenters. The highest BCUT2D eigenvalue weighted by Gasteiger charge is 2.25. The van der Waals surface area contributed by atoms with Crippen LogP contribution in [0.3, 0.4) is 0 Å². The quantitative estimate of drug-likeness (QED) is 0.925. The number of carbonyl (C=O) groups excluding carboxylic acids is 1. The van der Waals surface area contributed by atoms with Gasteiger partial charge in [0.25, 0.3) is 5.91 Å². The fourth-order valence-corrected chi connectivity index (χ4v) is 2.60. The molecule has 19 heavy (non-hydrogen) atoms. The minimum absolute atomic E-state index is 0.0455. The molecule has 4 nitrogen and oxygen atoms in total. The molecule has 108 valence electrons. The van der Waals surface area contributed by atoms with Crippen LogP contribution in [0.2, 0.25) is 0 Å². The molecule has 0 fully saturated rings. The summed E-state index contributed by atoms with van der Waals surface area (Å²) in [5, 5.41) is 10.5. The Bertz CT molecular complexity index is 433. The third-order valence-corrected chi connectivity index (χ3v) is 4.11. The second-order valence-corrected chi connectivity index (χ2v) is 7.21. The van der Waals surface area contributed by atoms with Gasteiger partial charge in [-0.25, -0.2) is 4.98 Å². The van der Waals surface area contributed by atoms with Crippen LogP contribution in [0, 0.1) is 0 Å². The van der Waals surface area contributed by atoms with E-state index >= 15 is 0 Å². The van der Waals surface area contributed by atoms with Gasteiger partial charge in [-0.05, 0) is 20.8 Å². The van der Waals surface area contributed by atoms with E-state index in [1.54, 1.807) is 18.0 Å². The first kappa shape index (κ1) is 16.1. The number of amides is 1. The third kappa shape index (κ3) is 4.28. The normalized spacial score (nSPS) is 13.7. The van der Waals surface area contributed by atoms with E-state index in [2.05, 4.69) is 25.8 Å². The van der Waals surface area contributed by atoms with E-state index in [0.717, 1.165) is 5.01 Å². The molecule has 1 aromatic rings. The van der Waals surface area contributed by atoms with Crippen molar-refractivity contribution in [2.24, 2.45) is 0 Å². The molecule has 0 aliphatic rings. The van der Waals surface area contributed by atoms with Crippen LogP contribution in [0.5, 0.6) is 0 Å². The summed E-state index contributed by atoms with van der Waals surface area (Å²) in [5.74, 6) is -0.0519. The van der Waals surface area contributed by atoms with Crippen LogP contribution < -0.4 is 0 Å². The van der Waals surface area contributed by atoms with Gasteiger partial charge >= 0.3 is 0 Å². The molecule has 1 heterocycles. The number of rotatable bonds is 4. The summed E-state index contributed by atoms with van der Waals surface area (Å²) >= 11 is 1.44. The summed E-state index contributed by atoms with van der Waals surface area (Å²) in [5.41, 5.74) is -0.0455. The molecule has 1 atom stereocenters. The van der Waals surface area contributed by atoms with E-state index in [1.165, 1.54) is 11.3 Å². The largest absolute Gasteiger partial charge is 0.392 e. The maximum Gasteiger partial charge on any atom is 0.265 e. The number of thiazole rings is 1. The molecule has 0 saturated carbocycles. The van der Waals surface area contributed by atoms with Gasteiger partial charge in [0.1, 0.15) is 4.88 Å². The fourth-order valence-electron chi connectivity index (χ4n) is 1.67. The van der Waals surface area contributed by atoms with Crippen LogP contribution in [0.1, 0.15) is 56.2 Å². The van der Waals surface area contributed by atoms with Crippen molar-refractivity contribution in [3.05, 3.63) is 16.1 Å². The molecular weight excluding hydrogens is 260 g/mol. The summed E-state index contributed by atoms with van der Waals surface area (Å²) in [6.45, 7) is 12.2. The molecule has 0 aliphatic carbocycles. The number of nitrogens with zero attached hydrogens (tertiary/aromatic N) is 2. The summed E-state index contributed by atoms with van der Waals surface area (Å²) in [4.78, 5) is 19.1. The van der Waals surface area contributed by atoms with Crippen molar-refractivity contribution in [1.82, 2.24) is 9.88 Å².